The van der Waals surface area contributed by atoms with Crippen LogP contribution in [-0.2, 0) is 11.3 Å². The highest BCUT2D eigenvalue weighted by Gasteiger charge is 2.35. The molecule has 1 aliphatic heterocycles. The molecule has 0 saturated carbocycles. The average Bonchev–Trinajstić information content (AvgIpc) is 3.39. The fourth-order valence-corrected chi connectivity index (χ4v) is 4.52. The number of imide groups is 1. The zero-order valence-electron chi connectivity index (χ0n) is 17.1. The van der Waals surface area contributed by atoms with Crippen molar-refractivity contribution in [2.24, 2.45) is 0 Å². The third kappa shape index (κ3) is 4.04. The van der Waals surface area contributed by atoms with Crippen LogP contribution < -0.4 is 0 Å². The van der Waals surface area contributed by atoms with Gasteiger partial charge >= 0.3 is 0 Å². The Kier molecular flexibility index (Phi) is 5.27. The molecule has 0 unspecified atom stereocenters. The van der Waals surface area contributed by atoms with Crippen LogP contribution in [0.5, 0.6) is 0 Å². The maximum atomic E-state index is 12.9. The van der Waals surface area contributed by atoms with E-state index in [1.807, 2.05) is 42.5 Å². The predicted octanol–water partition coefficient (Wildman–Crippen LogP) is 6.24. The molecule has 0 radical (unpaired) electrons. The van der Waals surface area contributed by atoms with E-state index in [9.17, 15) is 19.7 Å². The number of hydrogen-bond donors (Lipinski definition) is 0. The van der Waals surface area contributed by atoms with Crippen molar-refractivity contribution in [3.05, 3.63) is 105 Å². The number of nitro benzene ring substituents is 1. The molecule has 33 heavy (non-hydrogen) atoms. The Morgan fingerprint density at radius 3 is 2.52 bits per heavy atom. The lowest BCUT2D eigenvalue weighted by atomic mass is 10.1. The van der Waals surface area contributed by atoms with Gasteiger partial charge in [0.05, 0.1) is 21.9 Å². The van der Waals surface area contributed by atoms with Crippen LogP contribution in [0.25, 0.3) is 28.2 Å². The summed E-state index contributed by atoms with van der Waals surface area (Å²) in [5, 5.41) is 13.0. The van der Waals surface area contributed by atoms with Gasteiger partial charge in [0.2, 0.25) is 0 Å². The van der Waals surface area contributed by atoms with Gasteiger partial charge in [-0.2, -0.15) is 0 Å². The molecule has 1 aromatic heterocycles. The third-order valence-electron chi connectivity index (χ3n) is 5.29. The van der Waals surface area contributed by atoms with Crippen molar-refractivity contribution in [3.8, 4) is 11.3 Å². The summed E-state index contributed by atoms with van der Waals surface area (Å²) >= 11 is 0.843. The van der Waals surface area contributed by atoms with Crippen molar-refractivity contribution >= 4 is 45.4 Å². The van der Waals surface area contributed by atoms with E-state index in [0.717, 1.165) is 28.1 Å². The maximum absolute atomic E-state index is 12.9. The first-order valence-electron chi connectivity index (χ1n) is 10.1. The molecule has 0 atom stereocenters. The standard InChI is InChI=1S/C25H16N2O5S/c28-24-23(14-19-11-12-22(32-19)20-7-3-4-8-21(20)27(30)31)33-25(29)26(24)15-16-9-10-17-5-1-2-6-18(17)13-16/h1-14H,15H2/b23-14-. The number of para-hydroxylation sites is 1. The Hall–Kier alpha value is -4.17. The molecule has 2 heterocycles. The number of hydrogen-bond acceptors (Lipinski definition) is 6. The van der Waals surface area contributed by atoms with Gasteiger partial charge < -0.3 is 4.42 Å². The molecule has 1 fully saturated rings. The minimum Gasteiger partial charge on any atom is -0.456 e. The second-order valence-corrected chi connectivity index (χ2v) is 8.42. The third-order valence-corrected chi connectivity index (χ3v) is 6.20. The minimum atomic E-state index is -0.477. The lowest BCUT2D eigenvalue weighted by Crippen LogP contribution is -2.27. The Bertz CT molecular complexity index is 1460. The summed E-state index contributed by atoms with van der Waals surface area (Å²) in [6.07, 6.45) is 1.49. The fourth-order valence-electron chi connectivity index (χ4n) is 3.70. The zero-order valence-corrected chi connectivity index (χ0v) is 18.0. The van der Waals surface area contributed by atoms with Crippen LogP contribution >= 0.6 is 11.8 Å². The summed E-state index contributed by atoms with van der Waals surface area (Å²) in [6, 6.07) is 23.2. The Labute approximate surface area is 192 Å². The van der Waals surface area contributed by atoms with E-state index in [0.29, 0.717) is 17.1 Å². The molecule has 0 aliphatic carbocycles. The highest BCUT2D eigenvalue weighted by Crippen LogP contribution is 2.36. The van der Waals surface area contributed by atoms with Crippen molar-refractivity contribution < 1.29 is 18.9 Å². The molecule has 4 aromatic rings. The van der Waals surface area contributed by atoms with Crippen LogP contribution in [0, 0.1) is 10.1 Å². The van der Waals surface area contributed by atoms with Crippen molar-refractivity contribution in [1.29, 1.82) is 0 Å². The van der Waals surface area contributed by atoms with Crippen LogP contribution in [0.2, 0.25) is 0 Å². The number of carbonyl (C=O) groups is 2. The summed E-state index contributed by atoms with van der Waals surface area (Å²) in [5.41, 5.74) is 1.12. The van der Waals surface area contributed by atoms with Gasteiger partial charge in [-0.3, -0.25) is 24.6 Å². The molecule has 0 spiro atoms. The van der Waals surface area contributed by atoms with Gasteiger partial charge in [0.25, 0.3) is 16.8 Å². The number of amides is 2. The van der Waals surface area contributed by atoms with Crippen LogP contribution in [0.4, 0.5) is 10.5 Å². The topological polar surface area (TPSA) is 93.7 Å². The number of furan rings is 1. The summed E-state index contributed by atoms with van der Waals surface area (Å²) in [6.45, 7) is 0.173. The first-order valence-corrected chi connectivity index (χ1v) is 10.9. The summed E-state index contributed by atoms with van der Waals surface area (Å²) in [7, 11) is 0. The number of thioether (sulfide) groups is 1. The Morgan fingerprint density at radius 2 is 1.70 bits per heavy atom. The summed E-state index contributed by atoms with van der Waals surface area (Å²) in [4.78, 5) is 37.7. The van der Waals surface area contributed by atoms with E-state index < -0.39 is 10.8 Å². The van der Waals surface area contributed by atoms with Crippen molar-refractivity contribution in [2.45, 2.75) is 6.54 Å². The average molecular weight is 456 g/mol. The van der Waals surface area contributed by atoms with Crippen molar-refractivity contribution in [2.75, 3.05) is 0 Å². The molecule has 3 aromatic carbocycles. The smallest absolute Gasteiger partial charge is 0.293 e. The molecule has 0 N–H and O–H groups in total. The second-order valence-electron chi connectivity index (χ2n) is 7.43. The maximum Gasteiger partial charge on any atom is 0.293 e. The molecule has 7 nitrogen and oxygen atoms in total. The SMILES string of the molecule is O=C1S/C(=C\c2ccc(-c3ccccc3[N+](=O)[O-])o2)C(=O)N1Cc1ccc2ccccc2c1. The molecule has 162 valence electrons. The number of nitrogens with zero attached hydrogens (tertiary/aromatic N) is 2. The van der Waals surface area contributed by atoms with Gasteiger partial charge in [0.15, 0.2) is 0 Å². The fraction of sp³-hybridized carbons (Fsp3) is 0.0400. The monoisotopic (exact) mass is 456 g/mol. The van der Waals surface area contributed by atoms with Gasteiger partial charge in [0.1, 0.15) is 11.5 Å². The van der Waals surface area contributed by atoms with E-state index >= 15 is 0 Å². The molecule has 1 saturated heterocycles. The largest absolute Gasteiger partial charge is 0.456 e. The molecule has 8 heteroatoms. The van der Waals surface area contributed by atoms with Gasteiger partial charge in [-0.25, -0.2) is 0 Å². The van der Waals surface area contributed by atoms with Gasteiger partial charge in [-0.15, -0.1) is 0 Å². The Morgan fingerprint density at radius 1 is 0.939 bits per heavy atom. The number of carbonyl (C=O) groups excluding carboxylic acids is 2. The van der Waals surface area contributed by atoms with Crippen LogP contribution in [0.15, 0.2) is 88.2 Å². The molecule has 5 rings (SSSR count). The Balaban J connectivity index is 1.38. The number of benzene rings is 3. The van der Waals surface area contributed by atoms with Gasteiger partial charge in [-0.05, 0) is 52.4 Å². The minimum absolute atomic E-state index is 0.0749. The van der Waals surface area contributed by atoms with Gasteiger partial charge in [-0.1, -0.05) is 48.5 Å². The summed E-state index contributed by atoms with van der Waals surface area (Å²) < 4.78 is 5.73. The zero-order chi connectivity index (χ0) is 22.9. The molecule has 0 bridgehead atoms. The predicted molar refractivity (Wildman–Crippen MR) is 126 cm³/mol. The number of nitro groups is 1. The van der Waals surface area contributed by atoms with E-state index in [4.69, 9.17) is 4.42 Å². The molecular formula is C25H16N2O5S. The van der Waals surface area contributed by atoms with E-state index in [-0.39, 0.29) is 22.4 Å². The number of fused-ring (bicyclic) bond motifs is 1. The first kappa shape index (κ1) is 20.7. The summed E-state index contributed by atoms with van der Waals surface area (Å²) in [5.74, 6) is 0.241. The second kappa shape index (κ2) is 8.40. The lowest BCUT2D eigenvalue weighted by Gasteiger charge is -2.13. The molecule has 1 aliphatic rings. The van der Waals surface area contributed by atoms with Crippen molar-refractivity contribution in [3.63, 3.8) is 0 Å². The van der Waals surface area contributed by atoms with Gasteiger partial charge in [0, 0.05) is 12.1 Å². The van der Waals surface area contributed by atoms with E-state index in [2.05, 4.69) is 0 Å². The quantitative estimate of drug-likeness (QED) is 0.200. The lowest BCUT2D eigenvalue weighted by molar-refractivity contribution is -0.384. The highest BCUT2D eigenvalue weighted by atomic mass is 32.2. The number of rotatable bonds is 5. The van der Waals surface area contributed by atoms with Crippen LogP contribution in [-0.4, -0.2) is 21.0 Å². The van der Waals surface area contributed by atoms with E-state index in [1.165, 1.54) is 17.0 Å². The van der Waals surface area contributed by atoms with E-state index in [1.54, 1.807) is 30.3 Å². The van der Waals surface area contributed by atoms with Crippen LogP contribution in [0.3, 0.4) is 0 Å². The molecular weight excluding hydrogens is 440 g/mol. The molecule has 2 amide bonds. The highest BCUT2D eigenvalue weighted by molar-refractivity contribution is 8.18. The first-order chi connectivity index (χ1) is 16.0. The normalized spacial score (nSPS) is 15.0. The van der Waals surface area contributed by atoms with Crippen LogP contribution in [0.1, 0.15) is 11.3 Å². The van der Waals surface area contributed by atoms with Crippen molar-refractivity contribution in [1.82, 2.24) is 4.90 Å².